The molecule has 1 heterocycles. The number of hydrogen-bond acceptors (Lipinski definition) is 3. The maximum absolute atomic E-state index is 11.5. The van der Waals surface area contributed by atoms with Crippen molar-refractivity contribution in [2.75, 3.05) is 27.3 Å². The van der Waals surface area contributed by atoms with Crippen LogP contribution in [0.25, 0.3) is 0 Å². The first-order chi connectivity index (χ1) is 7.50. The van der Waals surface area contributed by atoms with Gasteiger partial charge in [0.15, 0.2) is 0 Å². The molecule has 0 spiro atoms. The summed E-state index contributed by atoms with van der Waals surface area (Å²) >= 11 is 5.92. The predicted octanol–water partition coefficient (Wildman–Crippen LogP) is 1.58. The summed E-state index contributed by atoms with van der Waals surface area (Å²) < 4.78 is 10.8. The summed E-state index contributed by atoms with van der Waals surface area (Å²) in [6.07, 6.45) is 1.39. The van der Waals surface area contributed by atoms with Crippen LogP contribution in [0.4, 0.5) is 0 Å². The predicted molar refractivity (Wildman–Crippen MR) is 65.9 cm³/mol. The minimum absolute atomic E-state index is 0.0130. The normalized spacial score (nSPS) is 21.9. The van der Waals surface area contributed by atoms with Crippen LogP contribution in [0.5, 0.6) is 0 Å². The van der Waals surface area contributed by atoms with E-state index < -0.39 is 8.56 Å². The fraction of sp³-hybridized carbons (Fsp3) is 0.900. The van der Waals surface area contributed by atoms with E-state index >= 15 is 0 Å². The lowest BCUT2D eigenvalue weighted by atomic mass is 10.4. The summed E-state index contributed by atoms with van der Waals surface area (Å²) in [5, 5.41) is -0.0130. The number of rotatable bonds is 6. The van der Waals surface area contributed by atoms with E-state index in [1.54, 1.807) is 14.2 Å². The van der Waals surface area contributed by atoms with Gasteiger partial charge in [0.1, 0.15) is 0 Å². The third-order valence-corrected chi connectivity index (χ3v) is 6.37. The van der Waals surface area contributed by atoms with Crippen molar-refractivity contribution in [1.82, 2.24) is 4.90 Å². The van der Waals surface area contributed by atoms with Gasteiger partial charge >= 0.3 is 8.56 Å². The largest absolute Gasteiger partial charge is 0.398 e. The lowest BCUT2D eigenvalue weighted by Gasteiger charge is -2.24. The van der Waals surface area contributed by atoms with Crippen LogP contribution in [0.15, 0.2) is 0 Å². The van der Waals surface area contributed by atoms with Crippen molar-refractivity contribution in [3.63, 3.8) is 0 Å². The zero-order valence-electron chi connectivity index (χ0n) is 10.2. The average Bonchev–Trinajstić information content (AvgIpc) is 2.57. The van der Waals surface area contributed by atoms with Gasteiger partial charge in [0.2, 0.25) is 5.91 Å². The number of likely N-dealkylation sites (tertiary alicyclic amines) is 1. The molecular weight excluding hydrogens is 246 g/mol. The Morgan fingerprint density at radius 2 is 2.12 bits per heavy atom. The highest BCUT2D eigenvalue weighted by Crippen LogP contribution is 2.19. The van der Waals surface area contributed by atoms with Gasteiger partial charge in [0.25, 0.3) is 0 Å². The molecule has 4 nitrogen and oxygen atoms in total. The molecule has 0 radical (unpaired) electrons. The lowest BCUT2D eigenvalue weighted by Crippen LogP contribution is -2.37. The van der Waals surface area contributed by atoms with Gasteiger partial charge in [-0.05, 0) is 19.0 Å². The summed E-state index contributed by atoms with van der Waals surface area (Å²) in [4.78, 5) is 13.3. The standard InChI is InChI=1S/C10H20ClNO3Si/c1-14-16(3,15-2)6-4-5-12-8-9(11)7-10(12)13/h9H,4-8H2,1-3H3. The summed E-state index contributed by atoms with van der Waals surface area (Å²) in [7, 11) is 1.39. The van der Waals surface area contributed by atoms with E-state index in [-0.39, 0.29) is 11.3 Å². The smallest absolute Gasteiger partial charge is 0.334 e. The van der Waals surface area contributed by atoms with Crippen LogP contribution in [0, 0.1) is 0 Å². The Labute approximate surface area is 103 Å². The van der Waals surface area contributed by atoms with Crippen LogP contribution >= 0.6 is 11.6 Å². The van der Waals surface area contributed by atoms with Crippen LogP contribution in [0.1, 0.15) is 12.8 Å². The van der Waals surface area contributed by atoms with Crippen molar-refractivity contribution >= 4 is 26.1 Å². The Bertz CT molecular complexity index is 248. The summed E-state index contributed by atoms with van der Waals surface area (Å²) in [5.41, 5.74) is 0. The highest BCUT2D eigenvalue weighted by Gasteiger charge is 2.31. The third kappa shape index (κ3) is 3.73. The molecule has 1 unspecified atom stereocenters. The van der Waals surface area contributed by atoms with Crippen molar-refractivity contribution in [2.45, 2.75) is 30.8 Å². The minimum Gasteiger partial charge on any atom is -0.398 e. The molecule has 16 heavy (non-hydrogen) atoms. The zero-order valence-corrected chi connectivity index (χ0v) is 11.9. The maximum atomic E-state index is 11.5. The molecule has 1 saturated heterocycles. The highest BCUT2D eigenvalue weighted by molar-refractivity contribution is 6.65. The monoisotopic (exact) mass is 265 g/mol. The Morgan fingerprint density at radius 1 is 1.50 bits per heavy atom. The quantitative estimate of drug-likeness (QED) is 0.541. The molecule has 1 aliphatic rings. The molecule has 0 aromatic carbocycles. The average molecular weight is 266 g/mol. The van der Waals surface area contributed by atoms with Gasteiger partial charge in [-0.15, -0.1) is 11.6 Å². The van der Waals surface area contributed by atoms with Crippen molar-refractivity contribution in [3.8, 4) is 0 Å². The summed E-state index contributed by atoms with van der Waals surface area (Å²) in [5.74, 6) is 0.165. The van der Waals surface area contributed by atoms with Crippen molar-refractivity contribution < 1.29 is 13.6 Å². The number of alkyl halides is 1. The van der Waals surface area contributed by atoms with Gasteiger partial charge in [-0.25, -0.2) is 0 Å². The van der Waals surface area contributed by atoms with E-state index in [4.69, 9.17) is 20.5 Å². The van der Waals surface area contributed by atoms with Gasteiger partial charge in [-0.1, -0.05) is 0 Å². The van der Waals surface area contributed by atoms with Gasteiger partial charge < -0.3 is 13.8 Å². The number of carbonyl (C=O) groups is 1. The van der Waals surface area contributed by atoms with Crippen LogP contribution in [-0.4, -0.2) is 52.1 Å². The fourth-order valence-electron chi connectivity index (χ4n) is 1.82. The highest BCUT2D eigenvalue weighted by atomic mass is 35.5. The fourth-order valence-corrected chi connectivity index (χ4v) is 3.49. The van der Waals surface area contributed by atoms with Crippen LogP contribution in [0.3, 0.4) is 0 Å². The van der Waals surface area contributed by atoms with E-state index in [0.717, 1.165) is 19.0 Å². The summed E-state index contributed by atoms with van der Waals surface area (Å²) in [6, 6.07) is 0.900. The van der Waals surface area contributed by atoms with Gasteiger partial charge in [0.05, 0.1) is 5.38 Å². The topological polar surface area (TPSA) is 38.8 Å². The molecule has 1 amide bonds. The molecule has 6 heteroatoms. The molecular formula is C10H20ClNO3Si. The first-order valence-corrected chi connectivity index (χ1v) is 8.49. The number of nitrogens with zero attached hydrogens (tertiary/aromatic N) is 1. The van der Waals surface area contributed by atoms with E-state index in [2.05, 4.69) is 0 Å². The first kappa shape index (κ1) is 14.0. The Morgan fingerprint density at radius 3 is 2.56 bits per heavy atom. The molecule has 1 fully saturated rings. The molecule has 94 valence electrons. The first-order valence-electron chi connectivity index (χ1n) is 5.53. The molecule has 0 saturated carbocycles. The number of hydrogen-bond donors (Lipinski definition) is 0. The molecule has 1 atom stereocenters. The zero-order chi connectivity index (χ0) is 12.2. The van der Waals surface area contributed by atoms with E-state index in [1.165, 1.54) is 0 Å². The van der Waals surface area contributed by atoms with Gasteiger partial charge in [-0.2, -0.15) is 0 Å². The molecule has 0 aromatic rings. The molecule has 0 bridgehead atoms. The minimum atomic E-state index is -1.98. The second-order valence-electron chi connectivity index (χ2n) is 4.29. The van der Waals surface area contributed by atoms with E-state index in [1.807, 2.05) is 11.4 Å². The van der Waals surface area contributed by atoms with Crippen LogP contribution in [0.2, 0.25) is 12.6 Å². The maximum Gasteiger partial charge on any atom is 0.334 e. The third-order valence-electron chi connectivity index (χ3n) is 3.09. The molecule has 0 aromatic heterocycles. The Balaban J connectivity index is 2.28. The second-order valence-corrected chi connectivity index (χ2v) is 8.49. The Kier molecular flexibility index (Phi) is 5.24. The SMILES string of the molecule is CO[Si](C)(CCCN1CC(Cl)CC1=O)OC. The lowest BCUT2D eigenvalue weighted by molar-refractivity contribution is -0.127. The number of halogens is 1. The van der Waals surface area contributed by atoms with Crippen molar-refractivity contribution in [1.29, 1.82) is 0 Å². The van der Waals surface area contributed by atoms with E-state index in [0.29, 0.717) is 13.0 Å². The molecule has 1 aliphatic heterocycles. The van der Waals surface area contributed by atoms with Crippen molar-refractivity contribution in [3.05, 3.63) is 0 Å². The van der Waals surface area contributed by atoms with Crippen molar-refractivity contribution in [2.24, 2.45) is 0 Å². The molecule has 1 rings (SSSR count). The second kappa shape index (κ2) is 6.00. The molecule has 0 aliphatic carbocycles. The number of amides is 1. The Hall–Kier alpha value is -0.103. The van der Waals surface area contributed by atoms with Crippen LogP contribution < -0.4 is 0 Å². The molecule has 0 N–H and O–H groups in total. The van der Waals surface area contributed by atoms with Gasteiger partial charge in [0, 0.05) is 33.7 Å². The number of carbonyl (C=O) groups excluding carboxylic acids is 1. The summed E-state index contributed by atoms with van der Waals surface area (Å²) in [6.45, 7) is 3.47. The van der Waals surface area contributed by atoms with Crippen LogP contribution in [-0.2, 0) is 13.6 Å². The van der Waals surface area contributed by atoms with E-state index in [9.17, 15) is 4.79 Å². The van der Waals surface area contributed by atoms with Gasteiger partial charge in [-0.3, -0.25) is 4.79 Å².